The zero-order chi connectivity index (χ0) is 26.5. The number of thioether (sulfide) groups is 1. The van der Waals surface area contributed by atoms with Crippen LogP contribution < -0.4 is 15.4 Å². The monoisotopic (exact) mass is 545 g/mol. The minimum Gasteiger partial charge on any atom is -0.494 e. The minimum absolute atomic E-state index is 0.205. The molecule has 2 N–H and O–H groups in total. The molecule has 1 atom stereocenters. The molecule has 2 heterocycles. The van der Waals surface area contributed by atoms with Crippen molar-refractivity contribution in [3.8, 4) is 5.75 Å². The first-order valence-corrected chi connectivity index (χ1v) is 13.8. The number of halogens is 1. The van der Waals surface area contributed by atoms with Gasteiger partial charge in [-0.15, -0.1) is 5.10 Å². The van der Waals surface area contributed by atoms with Crippen LogP contribution in [-0.4, -0.2) is 27.3 Å². The number of carbonyl (C=O) groups is 1. The summed E-state index contributed by atoms with van der Waals surface area (Å²) in [6.07, 6.45) is 0.929. The Hall–Kier alpha value is -3.75. The average Bonchev–Trinajstić information content (AvgIpc) is 3.34. The van der Waals surface area contributed by atoms with Gasteiger partial charge in [-0.3, -0.25) is 4.79 Å². The molecule has 1 aliphatic rings. The van der Waals surface area contributed by atoms with Crippen molar-refractivity contribution in [2.75, 3.05) is 17.2 Å². The number of ether oxygens (including phenoxy) is 1. The van der Waals surface area contributed by atoms with Gasteiger partial charge in [0.05, 0.1) is 12.2 Å². The van der Waals surface area contributed by atoms with E-state index in [9.17, 15) is 4.79 Å². The summed E-state index contributed by atoms with van der Waals surface area (Å²) in [5.74, 6) is 1.79. The van der Waals surface area contributed by atoms with Crippen LogP contribution in [-0.2, 0) is 10.5 Å². The molecule has 0 radical (unpaired) electrons. The third kappa shape index (κ3) is 5.71. The second kappa shape index (κ2) is 11.8. The maximum atomic E-state index is 13.6. The molecular weight excluding hydrogens is 518 g/mol. The zero-order valence-electron chi connectivity index (χ0n) is 21.1. The summed E-state index contributed by atoms with van der Waals surface area (Å²) in [5.41, 5.74) is 3.92. The van der Waals surface area contributed by atoms with Crippen LogP contribution in [0.15, 0.2) is 95.3 Å². The van der Waals surface area contributed by atoms with E-state index in [0.29, 0.717) is 34.1 Å². The molecule has 0 saturated heterocycles. The highest BCUT2D eigenvalue weighted by Crippen LogP contribution is 2.37. The van der Waals surface area contributed by atoms with Crippen molar-refractivity contribution >= 4 is 40.9 Å². The predicted molar refractivity (Wildman–Crippen MR) is 153 cm³/mol. The lowest BCUT2D eigenvalue weighted by molar-refractivity contribution is -0.113. The lowest BCUT2D eigenvalue weighted by atomic mass is 9.95. The maximum Gasteiger partial charge on any atom is 0.255 e. The molecule has 7 nitrogen and oxygen atoms in total. The topological polar surface area (TPSA) is 81.1 Å². The van der Waals surface area contributed by atoms with E-state index in [2.05, 4.69) is 17.6 Å². The molecule has 0 saturated carbocycles. The lowest BCUT2D eigenvalue weighted by Crippen LogP contribution is -2.31. The molecule has 0 bridgehead atoms. The number of benzene rings is 3. The van der Waals surface area contributed by atoms with Gasteiger partial charge in [0.1, 0.15) is 11.8 Å². The molecule has 194 valence electrons. The number of hydrogen-bond acceptors (Lipinski definition) is 6. The van der Waals surface area contributed by atoms with Crippen molar-refractivity contribution < 1.29 is 9.53 Å². The van der Waals surface area contributed by atoms with Gasteiger partial charge in [-0.2, -0.15) is 4.98 Å². The Morgan fingerprint density at radius 2 is 1.82 bits per heavy atom. The number of rotatable bonds is 9. The highest BCUT2D eigenvalue weighted by atomic mass is 35.5. The van der Waals surface area contributed by atoms with Gasteiger partial charge < -0.3 is 15.4 Å². The van der Waals surface area contributed by atoms with E-state index in [4.69, 9.17) is 26.4 Å². The number of amides is 1. The summed E-state index contributed by atoms with van der Waals surface area (Å²) in [6.45, 7) is 4.61. The Morgan fingerprint density at radius 1 is 1.08 bits per heavy atom. The fourth-order valence-corrected chi connectivity index (χ4v) is 5.35. The standard InChI is InChI=1S/C29H28ClN5O2S/c1-3-17-37-23-15-13-20(14-16-23)26-25(27(36)32-22-10-5-4-6-11-22)19(2)31-28-33-29(34-35(26)28)38-18-21-9-7-8-12-24(21)30/h4-16,26H,3,17-18H2,1-2H3,(H,32,36)(H,31,33,34). The number of para-hydroxylation sites is 1. The summed E-state index contributed by atoms with van der Waals surface area (Å²) in [5, 5.41) is 12.4. The first-order chi connectivity index (χ1) is 18.5. The minimum atomic E-state index is -0.475. The number of nitrogens with zero attached hydrogens (tertiary/aromatic N) is 3. The van der Waals surface area contributed by atoms with Gasteiger partial charge in [-0.05, 0) is 54.8 Å². The quantitative estimate of drug-likeness (QED) is 0.222. The molecule has 1 aromatic heterocycles. The van der Waals surface area contributed by atoms with E-state index in [0.717, 1.165) is 34.7 Å². The Balaban J connectivity index is 1.48. The summed E-state index contributed by atoms with van der Waals surface area (Å²) in [6, 6.07) is 24.5. The molecule has 9 heteroatoms. The smallest absolute Gasteiger partial charge is 0.255 e. The Kier molecular flexibility index (Phi) is 8.00. The zero-order valence-corrected chi connectivity index (χ0v) is 22.7. The second-order valence-electron chi connectivity index (χ2n) is 8.85. The van der Waals surface area contributed by atoms with Crippen molar-refractivity contribution in [1.82, 2.24) is 14.8 Å². The van der Waals surface area contributed by atoms with Crippen LogP contribution in [0.5, 0.6) is 5.75 Å². The normalized spacial score (nSPS) is 14.6. The number of anilines is 2. The molecule has 0 aliphatic carbocycles. The summed E-state index contributed by atoms with van der Waals surface area (Å²) >= 11 is 7.84. The van der Waals surface area contributed by atoms with E-state index in [1.165, 1.54) is 11.8 Å². The van der Waals surface area contributed by atoms with E-state index < -0.39 is 6.04 Å². The van der Waals surface area contributed by atoms with Crippen LogP contribution in [0.2, 0.25) is 5.02 Å². The van der Waals surface area contributed by atoms with Crippen LogP contribution in [0.4, 0.5) is 11.6 Å². The van der Waals surface area contributed by atoms with Crippen LogP contribution >= 0.6 is 23.4 Å². The van der Waals surface area contributed by atoms with Crippen molar-refractivity contribution in [1.29, 1.82) is 0 Å². The third-order valence-electron chi connectivity index (χ3n) is 6.09. The molecule has 5 rings (SSSR count). The number of nitrogens with one attached hydrogen (secondary N) is 2. The van der Waals surface area contributed by atoms with Crippen molar-refractivity contribution in [3.63, 3.8) is 0 Å². The molecule has 1 amide bonds. The molecule has 0 spiro atoms. The first-order valence-electron chi connectivity index (χ1n) is 12.4. The average molecular weight is 546 g/mol. The Morgan fingerprint density at radius 3 is 2.55 bits per heavy atom. The van der Waals surface area contributed by atoms with Crippen molar-refractivity contribution in [2.45, 2.75) is 37.2 Å². The van der Waals surface area contributed by atoms with Gasteiger partial charge >= 0.3 is 0 Å². The number of aromatic nitrogens is 3. The molecule has 1 aliphatic heterocycles. The summed E-state index contributed by atoms with van der Waals surface area (Å²) < 4.78 is 7.56. The van der Waals surface area contributed by atoms with Gasteiger partial charge in [0.2, 0.25) is 11.1 Å². The maximum absolute atomic E-state index is 13.6. The largest absolute Gasteiger partial charge is 0.494 e. The highest BCUT2D eigenvalue weighted by Gasteiger charge is 2.34. The van der Waals surface area contributed by atoms with Gasteiger partial charge in [0.15, 0.2) is 0 Å². The molecule has 3 aromatic carbocycles. The Bertz CT molecular complexity index is 1450. The number of fused-ring (bicyclic) bond motifs is 1. The van der Waals surface area contributed by atoms with Crippen LogP contribution in [0.1, 0.15) is 37.4 Å². The molecule has 38 heavy (non-hydrogen) atoms. The van der Waals surface area contributed by atoms with Gasteiger partial charge in [0.25, 0.3) is 5.91 Å². The van der Waals surface area contributed by atoms with Crippen molar-refractivity contribution in [2.24, 2.45) is 0 Å². The molecule has 4 aromatic rings. The first kappa shape index (κ1) is 25.9. The van der Waals surface area contributed by atoms with E-state index in [1.807, 2.05) is 85.8 Å². The Labute approximate surface area is 231 Å². The fourth-order valence-electron chi connectivity index (χ4n) is 4.24. The van der Waals surface area contributed by atoms with E-state index in [-0.39, 0.29) is 5.91 Å². The predicted octanol–water partition coefficient (Wildman–Crippen LogP) is 6.94. The SMILES string of the molecule is CCCOc1ccc(C2C(C(=O)Nc3ccccc3)=C(C)Nc3nc(SCc4ccccc4Cl)nn32)cc1. The van der Waals surface area contributed by atoms with Crippen LogP contribution in [0.25, 0.3) is 0 Å². The van der Waals surface area contributed by atoms with Crippen LogP contribution in [0.3, 0.4) is 0 Å². The van der Waals surface area contributed by atoms with Gasteiger partial charge in [0, 0.05) is 22.2 Å². The third-order valence-corrected chi connectivity index (χ3v) is 7.35. The van der Waals surface area contributed by atoms with Gasteiger partial charge in [-0.1, -0.05) is 78.8 Å². The van der Waals surface area contributed by atoms with Crippen molar-refractivity contribution in [3.05, 3.63) is 106 Å². The fraction of sp³-hybridized carbons (Fsp3) is 0.207. The number of carbonyl (C=O) groups excluding carboxylic acids is 1. The summed E-state index contributed by atoms with van der Waals surface area (Å²) in [7, 11) is 0. The molecule has 0 fully saturated rings. The lowest BCUT2D eigenvalue weighted by Gasteiger charge is -2.28. The van der Waals surface area contributed by atoms with Crippen LogP contribution in [0, 0.1) is 0 Å². The molecule has 1 unspecified atom stereocenters. The van der Waals surface area contributed by atoms with E-state index in [1.54, 1.807) is 4.68 Å². The highest BCUT2D eigenvalue weighted by molar-refractivity contribution is 7.98. The summed E-state index contributed by atoms with van der Waals surface area (Å²) in [4.78, 5) is 18.3. The van der Waals surface area contributed by atoms with E-state index >= 15 is 0 Å². The molecular formula is C29H28ClN5O2S. The number of hydrogen-bond donors (Lipinski definition) is 2. The number of allylic oxidation sites excluding steroid dienone is 1. The second-order valence-corrected chi connectivity index (χ2v) is 10.2. The van der Waals surface area contributed by atoms with Gasteiger partial charge in [-0.25, -0.2) is 4.68 Å².